The molecule has 2 aliphatic rings. The molecule has 1 aliphatic carbocycles. The Kier molecular flexibility index (Phi) is 4.80. The highest BCUT2D eigenvalue weighted by Crippen LogP contribution is 2.46. The zero-order valence-electron chi connectivity index (χ0n) is 12.5. The summed E-state index contributed by atoms with van der Waals surface area (Å²) in [4.78, 5) is 0. The van der Waals surface area contributed by atoms with Crippen molar-refractivity contribution in [1.29, 1.82) is 0 Å². The molecule has 0 amide bonds. The molecule has 0 radical (unpaired) electrons. The van der Waals surface area contributed by atoms with Gasteiger partial charge in [0.1, 0.15) is 0 Å². The molecule has 1 N–H and O–H groups in total. The third-order valence-electron chi connectivity index (χ3n) is 5.13. The van der Waals surface area contributed by atoms with Crippen LogP contribution in [-0.4, -0.2) is 19.3 Å². The molecule has 2 atom stereocenters. The van der Waals surface area contributed by atoms with E-state index in [2.05, 4.69) is 11.4 Å². The van der Waals surface area contributed by atoms with Crippen LogP contribution >= 0.6 is 23.2 Å². The van der Waals surface area contributed by atoms with Crippen LogP contribution in [0, 0.1) is 5.92 Å². The molecule has 1 aliphatic heterocycles. The second-order valence-corrected chi connectivity index (χ2v) is 7.27. The maximum absolute atomic E-state index is 6.42. The zero-order valence-corrected chi connectivity index (χ0v) is 14.0. The summed E-state index contributed by atoms with van der Waals surface area (Å²) in [5.74, 6) is 0.570. The molecule has 1 aromatic carbocycles. The van der Waals surface area contributed by atoms with E-state index in [0.29, 0.717) is 10.9 Å². The van der Waals surface area contributed by atoms with Crippen LogP contribution in [0.2, 0.25) is 10.0 Å². The molecule has 1 heterocycles. The molecule has 1 aromatic rings. The molecule has 1 spiro atoms. The van der Waals surface area contributed by atoms with E-state index in [1.165, 1.54) is 25.7 Å². The van der Waals surface area contributed by atoms with Crippen molar-refractivity contribution < 1.29 is 4.74 Å². The molecular formula is C17H23Cl2NO. The maximum Gasteiger partial charge on any atom is 0.0686 e. The predicted octanol–water partition coefficient (Wildman–Crippen LogP) is 4.99. The van der Waals surface area contributed by atoms with Crippen LogP contribution < -0.4 is 5.32 Å². The van der Waals surface area contributed by atoms with E-state index in [1.807, 2.05) is 19.2 Å². The summed E-state index contributed by atoms with van der Waals surface area (Å²) in [6.07, 6.45) is 7.27. The zero-order chi connectivity index (χ0) is 14.9. The van der Waals surface area contributed by atoms with Crippen molar-refractivity contribution in [1.82, 2.24) is 5.32 Å². The number of nitrogens with one attached hydrogen (secondary N) is 1. The van der Waals surface area contributed by atoms with Crippen molar-refractivity contribution in [3.05, 3.63) is 33.8 Å². The van der Waals surface area contributed by atoms with Crippen molar-refractivity contribution in [2.75, 3.05) is 13.7 Å². The number of halogens is 2. The number of hydrogen-bond donors (Lipinski definition) is 1. The summed E-state index contributed by atoms with van der Waals surface area (Å²) in [5.41, 5.74) is 1.29. The second kappa shape index (κ2) is 6.45. The minimum atomic E-state index is 0.136. The second-order valence-electron chi connectivity index (χ2n) is 6.42. The molecule has 4 heteroatoms. The largest absolute Gasteiger partial charge is 0.375 e. The van der Waals surface area contributed by atoms with Gasteiger partial charge in [0.05, 0.1) is 5.60 Å². The van der Waals surface area contributed by atoms with Gasteiger partial charge in [0.2, 0.25) is 0 Å². The number of rotatable bonds is 3. The van der Waals surface area contributed by atoms with Gasteiger partial charge in [-0.2, -0.15) is 0 Å². The van der Waals surface area contributed by atoms with Gasteiger partial charge in [-0.3, -0.25) is 0 Å². The van der Waals surface area contributed by atoms with E-state index in [9.17, 15) is 0 Å². The lowest BCUT2D eigenvalue weighted by molar-refractivity contribution is -0.0978. The molecule has 21 heavy (non-hydrogen) atoms. The van der Waals surface area contributed by atoms with E-state index < -0.39 is 0 Å². The Morgan fingerprint density at radius 3 is 2.71 bits per heavy atom. The lowest BCUT2D eigenvalue weighted by Crippen LogP contribution is -2.41. The molecule has 2 nitrogen and oxygen atoms in total. The summed E-state index contributed by atoms with van der Waals surface area (Å²) in [5, 5.41) is 4.92. The molecule has 1 saturated heterocycles. The lowest BCUT2D eigenvalue weighted by atomic mass is 9.78. The Balaban J connectivity index is 1.82. The first kappa shape index (κ1) is 15.6. The minimum Gasteiger partial charge on any atom is -0.375 e. The summed E-state index contributed by atoms with van der Waals surface area (Å²) in [7, 11) is 2.02. The van der Waals surface area contributed by atoms with Gasteiger partial charge >= 0.3 is 0 Å². The Hall–Kier alpha value is -0.280. The molecule has 2 fully saturated rings. The van der Waals surface area contributed by atoms with Crippen molar-refractivity contribution >= 4 is 23.2 Å². The highest BCUT2D eigenvalue weighted by molar-refractivity contribution is 6.35. The highest BCUT2D eigenvalue weighted by Gasteiger charge is 2.42. The summed E-state index contributed by atoms with van der Waals surface area (Å²) in [6, 6.07) is 6.10. The Morgan fingerprint density at radius 1 is 1.29 bits per heavy atom. The van der Waals surface area contributed by atoms with Gasteiger partial charge in [0, 0.05) is 22.7 Å². The van der Waals surface area contributed by atoms with E-state index in [0.717, 1.165) is 30.0 Å². The van der Waals surface area contributed by atoms with Gasteiger partial charge in [-0.1, -0.05) is 42.1 Å². The average molecular weight is 328 g/mol. The molecule has 1 saturated carbocycles. The molecule has 3 rings (SSSR count). The lowest BCUT2D eigenvalue weighted by Gasteiger charge is -2.41. The van der Waals surface area contributed by atoms with Gasteiger partial charge in [-0.25, -0.2) is 0 Å². The summed E-state index contributed by atoms with van der Waals surface area (Å²) >= 11 is 12.4. The topological polar surface area (TPSA) is 21.3 Å². The van der Waals surface area contributed by atoms with Gasteiger partial charge in [0.15, 0.2) is 0 Å². The van der Waals surface area contributed by atoms with E-state index in [1.54, 1.807) is 0 Å². The fourth-order valence-electron chi connectivity index (χ4n) is 4.12. The average Bonchev–Trinajstić information content (AvgIpc) is 2.90. The van der Waals surface area contributed by atoms with Crippen LogP contribution in [0.1, 0.15) is 50.1 Å². The van der Waals surface area contributed by atoms with Crippen molar-refractivity contribution in [3.8, 4) is 0 Å². The van der Waals surface area contributed by atoms with Gasteiger partial charge < -0.3 is 10.1 Å². The van der Waals surface area contributed by atoms with Crippen LogP contribution in [0.3, 0.4) is 0 Å². The van der Waals surface area contributed by atoms with Crippen LogP contribution in [0.15, 0.2) is 18.2 Å². The first-order chi connectivity index (χ1) is 10.1. The number of hydrogen-bond acceptors (Lipinski definition) is 2. The van der Waals surface area contributed by atoms with Crippen molar-refractivity contribution in [3.63, 3.8) is 0 Å². The maximum atomic E-state index is 6.42. The summed E-state index contributed by atoms with van der Waals surface area (Å²) in [6.45, 7) is 0.869. The van der Waals surface area contributed by atoms with Crippen LogP contribution in [0.4, 0.5) is 0 Å². The quantitative estimate of drug-likeness (QED) is 0.844. The first-order valence-electron chi connectivity index (χ1n) is 7.90. The molecule has 0 aromatic heterocycles. The monoisotopic (exact) mass is 327 g/mol. The van der Waals surface area contributed by atoms with Gasteiger partial charge in [-0.05, 0) is 56.3 Å². The van der Waals surface area contributed by atoms with Crippen molar-refractivity contribution in [2.24, 2.45) is 5.92 Å². The first-order valence-corrected chi connectivity index (χ1v) is 8.65. The van der Waals surface area contributed by atoms with Gasteiger partial charge in [0.25, 0.3) is 0 Å². The normalized spacial score (nSPS) is 26.1. The Morgan fingerprint density at radius 2 is 2.05 bits per heavy atom. The Bertz CT molecular complexity index is 500. The van der Waals surface area contributed by atoms with Crippen LogP contribution in [-0.2, 0) is 4.74 Å². The standard InChI is InChI=1S/C17H23Cl2NO/c1-20-16(14-5-4-13(18)10-15(14)19)12-6-9-21-17(11-12)7-2-3-8-17/h4-5,10,12,16,20H,2-3,6-9,11H2,1H3. The smallest absolute Gasteiger partial charge is 0.0686 e. The van der Waals surface area contributed by atoms with Crippen LogP contribution in [0.25, 0.3) is 0 Å². The SMILES string of the molecule is CNC(c1ccc(Cl)cc1Cl)C1CCOC2(CCCC2)C1. The van der Waals surface area contributed by atoms with E-state index in [-0.39, 0.29) is 11.6 Å². The predicted molar refractivity (Wildman–Crippen MR) is 88.1 cm³/mol. The molecular weight excluding hydrogens is 305 g/mol. The fourth-order valence-corrected chi connectivity index (χ4v) is 4.64. The number of benzene rings is 1. The van der Waals surface area contributed by atoms with Gasteiger partial charge in [-0.15, -0.1) is 0 Å². The van der Waals surface area contributed by atoms with Crippen molar-refractivity contribution in [2.45, 2.75) is 50.2 Å². The fraction of sp³-hybridized carbons (Fsp3) is 0.647. The van der Waals surface area contributed by atoms with Crippen LogP contribution in [0.5, 0.6) is 0 Å². The summed E-state index contributed by atoms with van der Waals surface area (Å²) < 4.78 is 6.15. The van der Waals surface area contributed by atoms with E-state index in [4.69, 9.17) is 27.9 Å². The Labute approximate surface area is 137 Å². The highest BCUT2D eigenvalue weighted by atomic mass is 35.5. The molecule has 0 bridgehead atoms. The molecule has 2 unspecified atom stereocenters. The third kappa shape index (κ3) is 3.24. The van der Waals surface area contributed by atoms with E-state index >= 15 is 0 Å². The number of ether oxygens (including phenoxy) is 1. The minimum absolute atomic E-state index is 0.136. The third-order valence-corrected chi connectivity index (χ3v) is 5.69. The molecule has 116 valence electrons.